The van der Waals surface area contributed by atoms with E-state index >= 15 is 0 Å². The molecule has 33 heavy (non-hydrogen) atoms. The number of ether oxygens (including phenoxy) is 2. The van der Waals surface area contributed by atoms with Gasteiger partial charge in [0.2, 0.25) is 0 Å². The molecule has 1 N–H and O–H groups in total. The Morgan fingerprint density at radius 3 is 2.52 bits per heavy atom. The molecular formula is C26H22N2O5. The Morgan fingerprint density at radius 1 is 1.03 bits per heavy atom. The van der Waals surface area contributed by atoms with Crippen molar-refractivity contribution >= 4 is 23.1 Å². The molecule has 166 valence electrons. The van der Waals surface area contributed by atoms with Crippen molar-refractivity contribution in [3.05, 3.63) is 89.0 Å². The lowest BCUT2D eigenvalue weighted by Crippen LogP contribution is -2.46. The molecule has 2 aliphatic rings. The lowest BCUT2D eigenvalue weighted by Gasteiger charge is -2.27. The first-order chi connectivity index (χ1) is 16.0. The van der Waals surface area contributed by atoms with Gasteiger partial charge in [-0.25, -0.2) is 0 Å². The van der Waals surface area contributed by atoms with Crippen LogP contribution in [0.2, 0.25) is 0 Å². The van der Waals surface area contributed by atoms with Crippen LogP contribution in [0.4, 0.5) is 5.69 Å². The van der Waals surface area contributed by atoms with Gasteiger partial charge in [0.15, 0.2) is 5.78 Å². The van der Waals surface area contributed by atoms with E-state index in [2.05, 4.69) is 10.5 Å². The smallest absolute Gasteiger partial charge is 0.277 e. The van der Waals surface area contributed by atoms with Crippen molar-refractivity contribution in [2.45, 2.75) is 12.5 Å². The van der Waals surface area contributed by atoms with Crippen molar-refractivity contribution in [3.63, 3.8) is 0 Å². The van der Waals surface area contributed by atoms with Crippen LogP contribution >= 0.6 is 0 Å². The molecule has 3 aromatic carbocycles. The number of anilines is 1. The summed E-state index contributed by atoms with van der Waals surface area (Å²) in [6, 6.07) is 19.6. The van der Waals surface area contributed by atoms with Gasteiger partial charge >= 0.3 is 0 Å². The van der Waals surface area contributed by atoms with Crippen molar-refractivity contribution in [2.24, 2.45) is 11.1 Å². The Morgan fingerprint density at radius 2 is 1.79 bits per heavy atom. The monoisotopic (exact) mass is 442 g/mol. The molecule has 0 unspecified atom stereocenters. The number of rotatable bonds is 5. The Kier molecular flexibility index (Phi) is 4.89. The minimum atomic E-state index is -1.61. The van der Waals surface area contributed by atoms with Gasteiger partial charge in [0.25, 0.3) is 11.5 Å². The van der Waals surface area contributed by atoms with Crippen molar-refractivity contribution in [1.29, 1.82) is 0 Å². The number of hydrogen-bond donors (Lipinski definition) is 1. The van der Waals surface area contributed by atoms with Gasteiger partial charge in [0.05, 0.1) is 14.2 Å². The summed E-state index contributed by atoms with van der Waals surface area (Å²) >= 11 is 0. The summed E-state index contributed by atoms with van der Waals surface area (Å²) in [5.41, 5.74) is 1.93. The minimum Gasteiger partial charge on any atom is -0.497 e. The Bertz CT molecular complexity index is 1300. The molecule has 2 aliphatic heterocycles. The Hall–Kier alpha value is -4.13. The third-order valence-electron chi connectivity index (χ3n) is 6.16. The summed E-state index contributed by atoms with van der Waals surface area (Å²) in [4.78, 5) is 33.3. The number of ketones is 1. The highest BCUT2D eigenvalue weighted by molar-refractivity contribution is 6.25. The van der Waals surface area contributed by atoms with Gasteiger partial charge in [-0.2, -0.15) is 0 Å². The van der Waals surface area contributed by atoms with Gasteiger partial charge in [-0.1, -0.05) is 53.2 Å². The average molecular weight is 442 g/mol. The van der Waals surface area contributed by atoms with Crippen LogP contribution in [0.5, 0.6) is 11.5 Å². The first-order valence-electron chi connectivity index (χ1n) is 10.5. The number of Topliss-reactive ketones (excluding diaryl/α,β-unsaturated/α-hetero) is 1. The van der Waals surface area contributed by atoms with E-state index in [1.165, 1.54) is 7.11 Å². The quantitative estimate of drug-likeness (QED) is 0.602. The highest BCUT2D eigenvalue weighted by Gasteiger charge is 2.63. The third kappa shape index (κ3) is 3.08. The second-order valence-electron chi connectivity index (χ2n) is 8.03. The normalized spacial score (nSPS) is 20.6. The molecule has 2 heterocycles. The van der Waals surface area contributed by atoms with Crippen molar-refractivity contribution < 1.29 is 23.9 Å². The molecule has 5 rings (SSSR count). The molecule has 1 amide bonds. The van der Waals surface area contributed by atoms with Crippen LogP contribution in [0.15, 0.2) is 71.9 Å². The number of aryl methyl sites for hydroxylation is 1. The zero-order valence-electron chi connectivity index (χ0n) is 18.4. The first-order valence-corrected chi connectivity index (χ1v) is 10.5. The molecular weight excluding hydrogens is 420 g/mol. The average Bonchev–Trinajstić information content (AvgIpc) is 3.37. The number of para-hydroxylation sites is 1. The SMILES string of the molecule is COc1ccc(C2=NO[C@@]3(C(=O)Nc4ccccc43)[C@H]2C(=O)c2ccc(C)cc2)c(OC)c1. The summed E-state index contributed by atoms with van der Waals surface area (Å²) in [6.07, 6.45) is 0. The number of nitrogens with one attached hydrogen (secondary N) is 1. The topological polar surface area (TPSA) is 86.2 Å². The predicted octanol–water partition coefficient (Wildman–Crippen LogP) is 4.09. The van der Waals surface area contributed by atoms with Crippen LogP contribution in [-0.2, 0) is 15.2 Å². The van der Waals surface area contributed by atoms with E-state index in [0.717, 1.165) is 5.56 Å². The fourth-order valence-corrected chi connectivity index (χ4v) is 4.46. The summed E-state index contributed by atoms with van der Waals surface area (Å²) in [7, 11) is 3.09. The molecule has 0 fully saturated rings. The van der Waals surface area contributed by atoms with Crippen LogP contribution in [0, 0.1) is 12.8 Å². The van der Waals surface area contributed by atoms with Gasteiger partial charge in [-0.15, -0.1) is 0 Å². The second kappa shape index (κ2) is 7.78. The predicted molar refractivity (Wildman–Crippen MR) is 123 cm³/mol. The standard InChI is InChI=1S/C26H22N2O5/c1-15-8-10-16(11-9-15)24(29)22-23(18-13-12-17(31-2)14-21(18)32-3)28-33-26(22)19-6-4-5-7-20(19)27-25(26)30/h4-14,22H,1-3H3,(H,27,30)/t22-,26-/m1/s1. The lowest BCUT2D eigenvalue weighted by molar-refractivity contribution is -0.140. The summed E-state index contributed by atoms with van der Waals surface area (Å²) in [5.74, 6) is -0.667. The number of methoxy groups -OCH3 is 2. The maximum absolute atomic E-state index is 14.0. The highest BCUT2D eigenvalue weighted by Crippen LogP contribution is 2.50. The van der Waals surface area contributed by atoms with E-state index in [4.69, 9.17) is 14.3 Å². The van der Waals surface area contributed by atoms with Crippen LogP contribution in [0.25, 0.3) is 0 Å². The van der Waals surface area contributed by atoms with Crippen molar-refractivity contribution in [2.75, 3.05) is 19.5 Å². The molecule has 1 spiro atoms. The van der Waals surface area contributed by atoms with E-state index < -0.39 is 17.4 Å². The largest absolute Gasteiger partial charge is 0.497 e. The van der Waals surface area contributed by atoms with Gasteiger partial charge in [-0.3, -0.25) is 9.59 Å². The fraction of sp³-hybridized carbons (Fsp3) is 0.192. The van der Waals surface area contributed by atoms with Gasteiger partial charge in [0, 0.05) is 28.4 Å². The molecule has 0 bridgehead atoms. The number of fused-ring (bicyclic) bond motifs is 2. The number of benzene rings is 3. The van der Waals surface area contributed by atoms with E-state index in [-0.39, 0.29) is 5.78 Å². The third-order valence-corrected chi connectivity index (χ3v) is 6.16. The van der Waals surface area contributed by atoms with Gasteiger partial charge in [0.1, 0.15) is 23.1 Å². The molecule has 3 aromatic rings. The Balaban J connectivity index is 1.70. The van der Waals surface area contributed by atoms with Crippen LogP contribution in [-0.4, -0.2) is 31.6 Å². The van der Waals surface area contributed by atoms with E-state index in [0.29, 0.717) is 39.6 Å². The van der Waals surface area contributed by atoms with Gasteiger partial charge in [-0.05, 0) is 25.1 Å². The number of amides is 1. The van der Waals surface area contributed by atoms with E-state index in [1.54, 1.807) is 49.6 Å². The molecule has 0 radical (unpaired) electrons. The minimum absolute atomic E-state index is 0.268. The number of hydrogen-bond acceptors (Lipinski definition) is 6. The van der Waals surface area contributed by atoms with E-state index in [1.807, 2.05) is 31.2 Å². The van der Waals surface area contributed by atoms with E-state index in [9.17, 15) is 9.59 Å². The fourth-order valence-electron chi connectivity index (χ4n) is 4.46. The first kappa shape index (κ1) is 20.8. The van der Waals surface area contributed by atoms with Crippen LogP contribution in [0.3, 0.4) is 0 Å². The summed E-state index contributed by atoms with van der Waals surface area (Å²) < 4.78 is 10.9. The molecule has 0 aromatic heterocycles. The number of nitrogens with zero attached hydrogens (tertiary/aromatic N) is 1. The zero-order chi connectivity index (χ0) is 23.2. The second-order valence-corrected chi connectivity index (χ2v) is 8.03. The number of carbonyl (C=O) groups excluding carboxylic acids is 2. The number of carbonyl (C=O) groups is 2. The summed E-state index contributed by atoms with van der Waals surface area (Å²) in [5, 5.41) is 7.17. The maximum atomic E-state index is 14.0. The molecule has 0 saturated carbocycles. The highest BCUT2D eigenvalue weighted by atomic mass is 16.7. The lowest BCUT2D eigenvalue weighted by atomic mass is 9.74. The zero-order valence-corrected chi connectivity index (χ0v) is 18.4. The summed E-state index contributed by atoms with van der Waals surface area (Å²) in [6.45, 7) is 1.95. The molecule has 2 atom stereocenters. The van der Waals surface area contributed by atoms with Gasteiger partial charge < -0.3 is 19.6 Å². The molecule has 0 aliphatic carbocycles. The molecule has 7 nitrogen and oxygen atoms in total. The van der Waals surface area contributed by atoms with Crippen LogP contribution < -0.4 is 14.8 Å². The maximum Gasteiger partial charge on any atom is 0.277 e. The van der Waals surface area contributed by atoms with Crippen molar-refractivity contribution in [3.8, 4) is 11.5 Å². The molecule has 0 saturated heterocycles. The Labute approximate surface area is 191 Å². The number of oxime groups is 1. The van der Waals surface area contributed by atoms with Crippen LogP contribution in [0.1, 0.15) is 27.0 Å². The molecule has 7 heteroatoms. The van der Waals surface area contributed by atoms with Crippen molar-refractivity contribution in [1.82, 2.24) is 0 Å².